The van der Waals surface area contributed by atoms with Crippen LogP contribution in [0.4, 0.5) is 9.93 Å². The molecule has 0 unspecified atom stereocenters. The van der Waals surface area contributed by atoms with Gasteiger partial charge in [-0.3, -0.25) is 10.1 Å². The first-order chi connectivity index (χ1) is 13.1. The Morgan fingerprint density at radius 3 is 2.64 bits per heavy atom. The number of hydrogen-bond acceptors (Lipinski definition) is 6. The number of carbonyl (C=O) groups excluding carboxylic acids is 1. The number of carboxylic acid groups (broad SMARTS) is 1. The van der Waals surface area contributed by atoms with E-state index in [9.17, 15) is 9.59 Å². The highest BCUT2D eigenvalue weighted by Gasteiger charge is 2.28. The number of urea groups is 1. The topological polar surface area (TPSA) is 91.8 Å². The molecule has 1 heterocycles. The molecule has 1 saturated carbocycles. The first-order valence-corrected chi connectivity index (χ1v) is 11.5. The number of thiazole rings is 1. The zero-order valence-electron chi connectivity index (χ0n) is 17.1. The van der Waals surface area contributed by atoms with Crippen LogP contribution in [0.1, 0.15) is 53.4 Å². The number of thioether (sulfide) groups is 1. The summed E-state index contributed by atoms with van der Waals surface area (Å²) >= 11 is 2.50. The lowest BCUT2D eigenvalue weighted by atomic mass is 9.86. The highest BCUT2D eigenvalue weighted by Crippen LogP contribution is 2.30. The van der Waals surface area contributed by atoms with Crippen LogP contribution in [-0.2, 0) is 9.53 Å². The zero-order valence-corrected chi connectivity index (χ0v) is 18.7. The molecule has 0 spiro atoms. The third-order valence-electron chi connectivity index (χ3n) is 4.59. The van der Waals surface area contributed by atoms with Gasteiger partial charge in [-0.05, 0) is 52.4 Å². The van der Waals surface area contributed by atoms with E-state index < -0.39 is 5.97 Å². The molecule has 0 aromatic carbocycles. The fourth-order valence-electron chi connectivity index (χ4n) is 3.13. The van der Waals surface area contributed by atoms with Gasteiger partial charge in [-0.15, -0.1) is 11.8 Å². The fourth-order valence-corrected chi connectivity index (χ4v) is 4.72. The van der Waals surface area contributed by atoms with E-state index in [-0.39, 0.29) is 23.4 Å². The lowest BCUT2D eigenvalue weighted by Crippen LogP contribution is -2.46. The average molecular weight is 430 g/mol. The third-order valence-corrected chi connectivity index (χ3v) is 6.68. The molecule has 28 heavy (non-hydrogen) atoms. The SMILES string of the molecule is CC(C)(C)OCCN(C(=O)Nc1ncc(SCC(=O)O)s1)[C@H]1CC[C@H](C)CC1. The normalized spacial score (nSPS) is 20.0. The average Bonchev–Trinajstić information content (AvgIpc) is 3.04. The minimum Gasteiger partial charge on any atom is -0.481 e. The van der Waals surface area contributed by atoms with Gasteiger partial charge in [0.15, 0.2) is 5.13 Å². The lowest BCUT2D eigenvalue weighted by Gasteiger charge is -2.36. The van der Waals surface area contributed by atoms with E-state index in [1.54, 1.807) is 6.20 Å². The third kappa shape index (κ3) is 7.97. The van der Waals surface area contributed by atoms with Crippen LogP contribution in [0.25, 0.3) is 0 Å². The molecule has 0 radical (unpaired) electrons. The molecule has 158 valence electrons. The predicted octanol–water partition coefficient (Wildman–Crippen LogP) is 4.55. The summed E-state index contributed by atoms with van der Waals surface area (Å²) in [4.78, 5) is 29.7. The van der Waals surface area contributed by atoms with Crippen molar-refractivity contribution in [3.63, 3.8) is 0 Å². The standard InChI is InChI=1S/C19H31N3O4S2/c1-13-5-7-14(8-6-13)22(9-10-26-19(2,3)4)18(25)21-17-20-11-16(28-17)27-12-15(23)24/h11,13-14H,5-10,12H2,1-4H3,(H,23,24)(H,20,21,25)/t13-,14-. The number of amides is 2. The quantitative estimate of drug-likeness (QED) is 0.589. The molecule has 1 fully saturated rings. The molecule has 0 bridgehead atoms. The van der Waals surface area contributed by atoms with Crippen LogP contribution in [0.15, 0.2) is 10.4 Å². The van der Waals surface area contributed by atoms with Crippen LogP contribution >= 0.6 is 23.1 Å². The van der Waals surface area contributed by atoms with Gasteiger partial charge in [0.1, 0.15) is 0 Å². The molecule has 1 aromatic rings. The van der Waals surface area contributed by atoms with Crippen molar-refractivity contribution in [2.45, 2.75) is 69.2 Å². The van der Waals surface area contributed by atoms with Crippen molar-refractivity contribution in [3.05, 3.63) is 6.20 Å². The summed E-state index contributed by atoms with van der Waals surface area (Å²) in [6.45, 7) is 9.30. The smallest absolute Gasteiger partial charge is 0.323 e. The van der Waals surface area contributed by atoms with Gasteiger partial charge >= 0.3 is 12.0 Å². The highest BCUT2D eigenvalue weighted by molar-refractivity contribution is 8.01. The van der Waals surface area contributed by atoms with Gasteiger partial charge in [0.25, 0.3) is 0 Å². The second-order valence-electron chi connectivity index (χ2n) is 8.16. The minimum absolute atomic E-state index is 0.0217. The Hall–Kier alpha value is -1.32. The van der Waals surface area contributed by atoms with Crippen molar-refractivity contribution in [2.75, 3.05) is 24.2 Å². The Morgan fingerprint density at radius 2 is 2.04 bits per heavy atom. The van der Waals surface area contributed by atoms with Crippen LogP contribution in [0, 0.1) is 5.92 Å². The Morgan fingerprint density at radius 1 is 1.36 bits per heavy atom. The second-order valence-corrected chi connectivity index (χ2v) is 10.5. The predicted molar refractivity (Wildman–Crippen MR) is 113 cm³/mol. The molecular formula is C19H31N3O4S2. The van der Waals surface area contributed by atoms with Gasteiger partial charge in [-0.25, -0.2) is 9.78 Å². The second kappa shape index (κ2) is 10.5. The van der Waals surface area contributed by atoms with Gasteiger partial charge in [0.2, 0.25) is 0 Å². The van der Waals surface area contributed by atoms with E-state index in [0.717, 1.165) is 29.9 Å². The first kappa shape index (κ1) is 23.0. The summed E-state index contributed by atoms with van der Waals surface area (Å²) in [6, 6.07) is 0.0433. The highest BCUT2D eigenvalue weighted by atomic mass is 32.2. The van der Waals surface area contributed by atoms with Gasteiger partial charge in [-0.2, -0.15) is 0 Å². The van der Waals surface area contributed by atoms with Crippen LogP contribution < -0.4 is 5.32 Å². The molecule has 0 aliphatic heterocycles. The molecule has 1 aromatic heterocycles. The molecule has 9 heteroatoms. The van der Waals surface area contributed by atoms with Crippen molar-refractivity contribution < 1.29 is 19.4 Å². The Labute approximate surface area is 175 Å². The largest absolute Gasteiger partial charge is 0.481 e. The number of rotatable bonds is 8. The van der Waals surface area contributed by atoms with Crippen molar-refractivity contribution in [1.82, 2.24) is 9.88 Å². The van der Waals surface area contributed by atoms with Crippen molar-refractivity contribution in [2.24, 2.45) is 5.92 Å². The summed E-state index contributed by atoms with van der Waals surface area (Å²) < 4.78 is 6.61. The van der Waals surface area contributed by atoms with Gasteiger partial charge in [-0.1, -0.05) is 18.3 Å². The molecule has 1 aliphatic carbocycles. The van der Waals surface area contributed by atoms with Crippen molar-refractivity contribution in [1.29, 1.82) is 0 Å². The number of aromatic nitrogens is 1. The van der Waals surface area contributed by atoms with E-state index in [2.05, 4.69) is 17.2 Å². The molecule has 2 N–H and O–H groups in total. The fraction of sp³-hybridized carbons (Fsp3) is 0.737. The number of carboxylic acids is 1. The Kier molecular flexibility index (Phi) is 8.57. The monoisotopic (exact) mass is 429 g/mol. The zero-order chi connectivity index (χ0) is 20.7. The van der Waals surface area contributed by atoms with Gasteiger partial charge in [0, 0.05) is 12.6 Å². The van der Waals surface area contributed by atoms with E-state index in [1.165, 1.54) is 23.1 Å². The summed E-state index contributed by atoms with van der Waals surface area (Å²) in [5.74, 6) is -0.188. The number of aliphatic carboxylic acids is 1. The van der Waals surface area contributed by atoms with E-state index in [4.69, 9.17) is 9.84 Å². The van der Waals surface area contributed by atoms with Gasteiger partial charge in [0.05, 0.1) is 28.4 Å². The molecule has 1 aliphatic rings. The van der Waals surface area contributed by atoms with Crippen molar-refractivity contribution >= 4 is 40.2 Å². The van der Waals surface area contributed by atoms with E-state index in [1.807, 2.05) is 25.7 Å². The van der Waals surface area contributed by atoms with Crippen LogP contribution in [0.2, 0.25) is 0 Å². The molecule has 2 rings (SSSR count). The number of hydrogen-bond donors (Lipinski definition) is 2. The molecule has 2 amide bonds. The lowest BCUT2D eigenvalue weighted by molar-refractivity contribution is -0.133. The number of carbonyl (C=O) groups is 2. The maximum atomic E-state index is 12.9. The number of nitrogens with zero attached hydrogens (tertiary/aromatic N) is 2. The Balaban J connectivity index is 1.98. The van der Waals surface area contributed by atoms with Crippen LogP contribution in [0.5, 0.6) is 0 Å². The first-order valence-electron chi connectivity index (χ1n) is 9.66. The van der Waals surface area contributed by atoms with Crippen molar-refractivity contribution in [3.8, 4) is 0 Å². The molecule has 7 nitrogen and oxygen atoms in total. The van der Waals surface area contributed by atoms with E-state index >= 15 is 0 Å². The van der Waals surface area contributed by atoms with Gasteiger partial charge < -0.3 is 14.7 Å². The maximum absolute atomic E-state index is 12.9. The number of anilines is 1. The minimum atomic E-state index is -0.875. The summed E-state index contributed by atoms with van der Waals surface area (Å²) in [6.07, 6.45) is 5.86. The molecule has 0 atom stereocenters. The Bertz CT molecular complexity index is 652. The van der Waals surface area contributed by atoms with Crippen LogP contribution in [-0.4, -0.2) is 57.5 Å². The maximum Gasteiger partial charge on any atom is 0.323 e. The summed E-state index contributed by atoms with van der Waals surface area (Å²) in [5.41, 5.74) is -0.241. The molecular weight excluding hydrogens is 398 g/mol. The number of ether oxygens (including phenoxy) is 1. The summed E-state index contributed by atoms with van der Waals surface area (Å²) in [5, 5.41) is 12.2. The van der Waals surface area contributed by atoms with E-state index in [0.29, 0.717) is 24.2 Å². The van der Waals surface area contributed by atoms with Crippen LogP contribution in [0.3, 0.4) is 0 Å². The summed E-state index contributed by atoms with van der Waals surface area (Å²) in [7, 11) is 0. The number of nitrogens with one attached hydrogen (secondary N) is 1. The molecule has 0 saturated heterocycles.